The lowest BCUT2D eigenvalue weighted by atomic mass is 10.1. The Morgan fingerprint density at radius 2 is 2.37 bits per heavy atom. The second-order valence-electron chi connectivity index (χ2n) is 4.74. The van der Waals surface area contributed by atoms with Crippen molar-refractivity contribution in [1.82, 2.24) is 9.36 Å². The van der Waals surface area contributed by atoms with Gasteiger partial charge in [-0.3, -0.25) is 0 Å². The summed E-state index contributed by atoms with van der Waals surface area (Å²) in [5, 5.41) is 13.9. The molecule has 102 valence electrons. The molecule has 2 aromatic rings. The number of nitrogens with zero attached hydrogens (tertiary/aromatic N) is 3. The van der Waals surface area contributed by atoms with E-state index in [-0.39, 0.29) is 6.10 Å². The Labute approximate surface area is 119 Å². The molecule has 19 heavy (non-hydrogen) atoms. The lowest BCUT2D eigenvalue weighted by Gasteiger charge is -2.31. The molecule has 0 aliphatic carbocycles. The minimum Gasteiger partial charge on any atom is -0.391 e. The third-order valence-electron chi connectivity index (χ3n) is 3.26. The summed E-state index contributed by atoms with van der Waals surface area (Å²) in [4.78, 5) is 6.68. The highest BCUT2D eigenvalue weighted by atomic mass is 32.1. The fraction of sp³-hybridized carbons (Fsp3) is 0.500. The van der Waals surface area contributed by atoms with Crippen LogP contribution in [0.15, 0.2) is 5.38 Å². The summed E-state index contributed by atoms with van der Waals surface area (Å²) >= 11 is 3.00. The maximum absolute atomic E-state index is 9.81. The zero-order chi connectivity index (χ0) is 13.4. The van der Waals surface area contributed by atoms with Crippen molar-refractivity contribution in [1.29, 1.82) is 0 Å². The van der Waals surface area contributed by atoms with Crippen LogP contribution < -0.4 is 10.6 Å². The first-order valence-corrected chi connectivity index (χ1v) is 7.91. The summed E-state index contributed by atoms with van der Waals surface area (Å²) in [6, 6.07) is 0. The van der Waals surface area contributed by atoms with Crippen LogP contribution >= 0.6 is 22.9 Å². The van der Waals surface area contributed by atoms with Gasteiger partial charge >= 0.3 is 0 Å². The number of thiazole rings is 1. The number of anilines is 2. The SMILES string of the molecule is Cc1nc(-c2c(N)nsc2N2CCCC(O)C2)cs1. The number of aliphatic hydroxyl groups is 1. The number of β-amino-alcohol motifs (C(OH)–C–C–N with tert-alkyl or cyclic N) is 1. The van der Waals surface area contributed by atoms with Crippen LogP contribution in [0.4, 0.5) is 10.8 Å². The van der Waals surface area contributed by atoms with Gasteiger partial charge < -0.3 is 15.7 Å². The molecule has 3 rings (SSSR count). The topological polar surface area (TPSA) is 75.3 Å². The van der Waals surface area contributed by atoms with Crippen LogP contribution in [0.5, 0.6) is 0 Å². The van der Waals surface area contributed by atoms with E-state index in [4.69, 9.17) is 5.73 Å². The van der Waals surface area contributed by atoms with E-state index in [1.54, 1.807) is 11.3 Å². The zero-order valence-corrected chi connectivity index (χ0v) is 12.3. The average Bonchev–Trinajstić information content (AvgIpc) is 2.95. The van der Waals surface area contributed by atoms with Crippen molar-refractivity contribution < 1.29 is 5.11 Å². The van der Waals surface area contributed by atoms with Gasteiger partial charge in [0.05, 0.1) is 22.4 Å². The molecule has 1 fully saturated rings. The van der Waals surface area contributed by atoms with E-state index in [2.05, 4.69) is 14.3 Å². The molecule has 1 unspecified atom stereocenters. The van der Waals surface area contributed by atoms with Crippen LogP contribution in [-0.4, -0.2) is 33.7 Å². The van der Waals surface area contributed by atoms with Crippen molar-refractivity contribution >= 4 is 33.7 Å². The number of hydrogen-bond donors (Lipinski definition) is 2. The molecular formula is C12H16N4OS2. The molecule has 0 spiro atoms. The van der Waals surface area contributed by atoms with Crippen molar-refractivity contribution in [3.8, 4) is 11.3 Å². The van der Waals surface area contributed by atoms with Crippen molar-refractivity contribution in [2.75, 3.05) is 23.7 Å². The Hall–Kier alpha value is -1.18. The number of nitrogen functional groups attached to an aromatic ring is 1. The summed E-state index contributed by atoms with van der Waals surface area (Å²) in [7, 11) is 0. The van der Waals surface area contributed by atoms with Crippen molar-refractivity contribution in [3.63, 3.8) is 0 Å². The van der Waals surface area contributed by atoms with Gasteiger partial charge in [-0.05, 0) is 31.3 Å². The summed E-state index contributed by atoms with van der Waals surface area (Å²) in [6.45, 7) is 3.57. The van der Waals surface area contributed by atoms with E-state index < -0.39 is 0 Å². The molecule has 1 aliphatic heterocycles. The van der Waals surface area contributed by atoms with Gasteiger partial charge in [0.1, 0.15) is 10.8 Å². The molecule has 1 atom stereocenters. The van der Waals surface area contributed by atoms with E-state index in [0.29, 0.717) is 12.4 Å². The lowest BCUT2D eigenvalue weighted by Crippen LogP contribution is -2.38. The van der Waals surface area contributed by atoms with Gasteiger partial charge in [0, 0.05) is 18.5 Å². The number of nitrogens with two attached hydrogens (primary N) is 1. The number of rotatable bonds is 2. The monoisotopic (exact) mass is 296 g/mol. The van der Waals surface area contributed by atoms with Crippen molar-refractivity contribution in [2.24, 2.45) is 0 Å². The Balaban J connectivity index is 1.98. The molecule has 0 radical (unpaired) electrons. The first kappa shape index (κ1) is 12.8. The number of hydrogen-bond acceptors (Lipinski definition) is 7. The van der Waals surface area contributed by atoms with E-state index in [9.17, 15) is 5.11 Å². The van der Waals surface area contributed by atoms with E-state index >= 15 is 0 Å². The maximum Gasteiger partial charge on any atom is 0.148 e. The quantitative estimate of drug-likeness (QED) is 0.888. The molecule has 3 heterocycles. The molecule has 7 heteroatoms. The van der Waals surface area contributed by atoms with Crippen LogP contribution in [-0.2, 0) is 0 Å². The fourth-order valence-electron chi connectivity index (χ4n) is 2.37. The maximum atomic E-state index is 9.81. The largest absolute Gasteiger partial charge is 0.391 e. The van der Waals surface area contributed by atoms with E-state index in [1.807, 2.05) is 12.3 Å². The Kier molecular flexibility index (Phi) is 3.42. The fourth-order valence-corrected chi connectivity index (χ4v) is 3.83. The molecule has 1 aliphatic rings. The predicted octanol–water partition coefficient (Wildman–Crippen LogP) is 2.12. The highest BCUT2D eigenvalue weighted by Gasteiger charge is 2.25. The molecule has 5 nitrogen and oxygen atoms in total. The molecule has 0 bridgehead atoms. The van der Waals surface area contributed by atoms with Gasteiger partial charge in [0.2, 0.25) is 0 Å². The molecule has 0 aromatic carbocycles. The number of aromatic nitrogens is 2. The lowest BCUT2D eigenvalue weighted by molar-refractivity contribution is 0.154. The highest BCUT2D eigenvalue weighted by Crippen LogP contribution is 2.40. The van der Waals surface area contributed by atoms with E-state index in [1.165, 1.54) is 11.5 Å². The Bertz CT molecular complexity index is 580. The van der Waals surface area contributed by atoms with Gasteiger partial charge in [-0.2, -0.15) is 4.37 Å². The first-order chi connectivity index (χ1) is 9.15. The third kappa shape index (κ3) is 2.45. The van der Waals surface area contributed by atoms with Gasteiger partial charge in [0.25, 0.3) is 0 Å². The zero-order valence-electron chi connectivity index (χ0n) is 10.7. The highest BCUT2D eigenvalue weighted by molar-refractivity contribution is 7.11. The van der Waals surface area contributed by atoms with Crippen LogP contribution in [0.1, 0.15) is 17.8 Å². The predicted molar refractivity (Wildman–Crippen MR) is 79.8 cm³/mol. The van der Waals surface area contributed by atoms with E-state index in [0.717, 1.165) is 40.7 Å². The van der Waals surface area contributed by atoms with Crippen LogP contribution in [0, 0.1) is 6.92 Å². The smallest absolute Gasteiger partial charge is 0.148 e. The number of aliphatic hydroxyl groups excluding tert-OH is 1. The summed E-state index contributed by atoms with van der Waals surface area (Å²) in [5.41, 5.74) is 7.81. The van der Waals surface area contributed by atoms with Gasteiger partial charge in [-0.25, -0.2) is 4.98 Å². The van der Waals surface area contributed by atoms with Gasteiger partial charge in [-0.1, -0.05) is 0 Å². The molecule has 0 amide bonds. The van der Waals surface area contributed by atoms with Gasteiger partial charge in [0.15, 0.2) is 0 Å². The number of aryl methyl sites for hydroxylation is 1. The van der Waals surface area contributed by atoms with Crippen molar-refractivity contribution in [2.45, 2.75) is 25.9 Å². The summed E-state index contributed by atoms with van der Waals surface area (Å²) in [6.07, 6.45) is 1.60. The first-order valence-electron chi connectivity index (χ1n) is 6.26. The molecule has 3 N–H and O–H groups in total. The van der Waals surface area contributed by atoms with Crippen LogP contribution in [0.25, 0.3) is 11.3 Å². The number of piperidine rings is 1. The summed E-state index contributed by atoms with van der Waals surface area (Å²) in [5.74, 6) is 0.533. The minimum atomic E-state index is -0.262. The molecular weight excluding hydrogens is 280 g/mol. The Morgan fingerprint density at radius 1 is 1.53 bits per heavy atom. The molecule has 0 saturated carbocycles. The Morgan fingerprint density at radius 3 is 3.05 bits per heavy atom. The molecule has 2 aromatic heterocycles. The second kappa shape index (κ2) is 5.07. The normalized spacial score (nSPS) is 19.9. The van der Waals surface area contributed by atoms with Gasteiger partial charge in [-0.15, -0.1) is 11.3 Å². The van der Waals surface area contributed by atoms with Crippen LogP contribution in [0.3, 0.4) is 0 Å². The minimum absolute atomic E-state index is 0.262. The summed E-state index contributed by atoms with van der Waals surface area (Å²) < 4.78 is 4.26. The second-order valence-corrected chi connectivity index (χ2v) is 6.56. The van der Waals surface area contributed by atoms with Crippen molar-refractivity contribution in [3.05, 3.63) is 10.4 Å². The third-order valence-corrected chi connectivity index (χ3v) is 4.96. The molecule has 1 saturated heterocycles. The average molecular weight is 296 g/mol. The standard InChI is InChI=1S/C12H16N4OS2/c1-7-14-9(6-18-7)10-11(13)15-19-12(10)16-4-2-3-8(17)5-16/h6,8,17H,2-5H2,1H3,(H2,13,15). The van der Waals surface area contributed by atoms with Crippen LogP contribution in [0.2, 0.25) is 0 Å².